The monoisotopic (exact) mass is 415 g/mol. The number of rotatable bonds is 4. The smallest absolute Gasteiger partial charge is 0.410 e. The lowest BCUT2D eigenvalue weighted by molar-refractivity contribution is -0.143. The Morgan fingerprint density at radius 2 is 1.73 bits per heavy atom. The predicted octanol–water partition coefficient (Wildman–Crippen LogP) is 3.26. The number of benzene rings is 1. The van der Waals surface area contributed by atoms with Crippen molar-refractivity contribution in [3.63, 3.8) is 0 Å². The fourth-order valence-electron chi connectivity index (χ4n) is 4.02. The van der Waals surface area contributed by atoms with Gasteiger partial charge in [0.05, 0.1) is 0 Å². The molecule has 1 unspecified atom stereocenters. The quantitative estimate of drug-likeness (QED) is 0.819. The van der Waals surface area contributed by atoms with E-state index in [2.05, 4.69) is 5.32 Å². The molecular formula is C23H33N3O4. The van der Waals surface area contributed by atoms with Crippen LogP contribution < -0.4 is 5.32 Å². The third-order valence-electron chi connectivity index (χ3n) is 5.53. The van der Waals surface area contributed by atoms with Crippen molar-refractivity contribution in [2.75, 3.05) is 19.6 Å². The Balaban J connectivity index is 1.63. The third-order valence-corrected chi connectivity index (χ3v) is 5.53. The molecule has 0 aliphatic carbocycles. The van der Waals surface area contributed by atoms with Crippen LogP contribution in [-0.2, 0) is 14.3 Å². The molecule has 1 aromatic carbocycles. The summed E-state index contributed by atoms with van der Waals surface area (Å²) in [5, 5.41) is 3.13. The second kappa shape index (κ2) is 9.49. The molecule has 1 N–H and O–H groups in total. The van der Waals surface area contributed by atoms with Crippen LogP contribution in [0.5, 0.6) is 0 Å². The van der Waals surface area contributed by atoms with Gasteiger partial charge in [-0.15, -0.1) is 0 Å². The zero-order valence-electron chi connectivity index (χ0n) is 18.2. The minimum atomic E-state index is -0.608. The molecule has 0 aromatic heterocycles. The number of hydrogen-bond donors (Lipinski definition) is 1. The van der Waals surface area contributed by atoms with Crippen LogP contribution in [0.4, 0.5) is 4.79 Å². The van der Waals surface area contributed by atoms with E-state index in [1.54, 1.807) is 9.80 Å². The summed E-state index contributed by atoms with van der Waals surface area (Å²) >= 11 is 0. The summed E-state index contributed by atoms with van der Waals surface area (Å²) in [4.78, 5) is 41.4. The van der Waals surface area contributed by atoms with Gasteiger partial charge in [-0.2, -0.15) is 0 Å². The maximum absolute atomic E-state index is 13.2. The van der Waals surface area contributed by atoms with Gasteiger partial charge in [0.15, 0.2) is 0 Å². The molecule has 30 heavy (non-hydrogen) atoms. The highest BCUT2D eigenvalue weighted by molar-refractivity contribution is 5.89. The van der Waals surface area contributed by atoms with Crippen LogP contribution in [0.2, 0.25) is 0 Å². The second-order valence-corrected chi connectivity index (χ2v) is 9.11. The molecule has 164 valence electrons. The Bertz CT molecular complexity index is 751. The number of amides is 3. The number of carbonyl (C=O) groups is 3. The van der Waals surface area contributed by atoms with Gasteiger partial charge in [-0.25, -0.2) is 4.79 Å². The van der Waals surface area contributed by atoms with Crippen LogP contribution in [0, 0.1) is 0 Å². The lowest BCUT2D eigenvalue weighted by Crippen LogP contribution is -2.51. The SMILES string of the molecule is CC(C)(C)OC(=O)N1CCC(NC(=O)C(c2ccccc2)N2CCCCC2=O)CC1. The Morgan fingerprint density at radius 3 is 2.33 bits per heavy atom. The molecule has 2 heterocycles. The van der Waals surface area contributed by atoms with Crippen molar-refractivity contribution in [1.82, 2.24) is 15.1 Å². The average molecular weight is 416 g/mol. The maximum Gasteiger partial charge on any atom is 0.410 e. The first-order valence-corrected chi connectivity index (χ1v) is 10.9. The number of ether oxygens (including phenoxy) is 1. The molecule has 7 nitrogen and oxygen atoms in total. The summed E-state index contributed by atoms with van der Waals surface area (Å²) in [6.07, 6.45) is 3.30. The Hall–Kier alpha value is -2.57. The molecule has 3 rings (SSSR count). The molecule has 7 heteroatoms. The highest BCUT2D eigenvalue weighted by atomic mass is 16.6. The molecule has 0 spiro atoms. The molecular weight excluding hydrogens is 382 g/mol. The summed E-state index contributed by atoms with van der Waals surface area (Å²) in [6, 6.07) is 8.86. The fourth-order valence-corrected chi connectivity index (χ4v) is 4.02. The van der Waals surface area contributed by atoms with E-state index in [1.807, 2.05) is 51.1 Å². The van der Waals surface area contributed by atoms with Gasteiger partial charge in [-0.3, -0.25) is 9.59 Å². The Kier molecular flexibility index (Phi) is 7.00. The van der Waals surface area contributed by atoms with E-state index in [1.165, 1.54) is 0 Å². The number of likely N-dealkylation sites (tertiary alicyclic amines) is 2. The van der Waals surface area contributed by atoms with Gasteiger partial charge in [0, 0.05) is 32.1 Å². The molecule has 3 amide bonds. The van der Waals surface area contributed by atoms with E-state index in [0.717, 1.165) is 18.4 Å². The summed E-state index contributed by atoms with van der Waals surface area (Å²) in [5.74, 6) is -0.114. The van der Waals surface area contributed by atoms with Gasteiger partial charge < -0.3 is 19.9 Å². The lowest BCUT2D eigenvalue weighted by atomic mass is 9.99. The molecule has 0 bridgehead atoms. The third kappa shape index (κ3) is 5.74. The van der Waals surface area contributed by atoms with Crippen molar-refractivity contribution < 1.29 is 19.1 Å². The molecule has 2 aliphatic heterocycles. The van der Waals surface area contributed by atoms with Crippen molar-refractivity contribution >= 4 is 17.9 Å². The molecule has 2 aliphatic rings. The van der Waals surface area contributed by atoms with Crippen molar-refractivity contribution in [2.45, 2.75) is 70.6 Å². The van der Waals surface area contributed by atoms with Crippen LogP contribution in [0.3, 0.4) is 0 Å². The van der Waals surface area contributed by atoms with E-state index < -0.39 is 11.6 Å². The normalized spacial score (nSPS) is 19.4. The zero-order chi connectivity index (χ0) is 21.7. The van der Waals surface area contributed by atoms with Gasteiger partial charge >= 0.3 is 6.09 Å². The van der Waals surface area contributed by atoms with Crippen LogP contribution in [0.25, 0.3) is 0 Å². The van der Waals surface area contributed by atoms with E-state index in [-0.39, 0.29) is 23.9 Å². The van der Waals surface area contributed by atoms with Gasteiger partial charge in [0.25, 0.3) is 0 Å². The van der Waals surface area contributed by atoms with Gasteiger partial charge in [-0.1, -0.05) is 30.3 Å². The van der Waals surface area contributed by atoms with Crippen LogP contribution in [-0.4, -0.2) is 59.0 Å². The first kappa shape index (κ1) is 22.1. The van der Waals surface area contributed by atoms with Gasteiger partial charge in [-0.05, 0) is 52.0 Å². The minimum Gasteiger partial charge on any atom is -0.444 e. The highest BCUT2D eigenvalue weighted by Crippen LogP contribution is 2.26. The first-order valence-electron chi connectivity index (χ1n) is 10.9. The van der Waals surface area contributed by atoms with Crippen molar-refractivity contribution in [1.29, 1.82) is 0 Å². The topological polar surface area (TPSA) is 79.0 Å². The summed E-state index contributed by atoms with van der Waals surface area (Å²) in [6.45, 7) is 7.23. The molecule has 1 atom stereocenters. The Morgan fingerprint density at radius 1 is 1.07 bits per heavy atom. The van der Waals surface area contributed by atoms with Crippen molar-refractivity contribution in [2.24, 2.45) is 0 Å². The second-order valence-electron chi connectivity index (χ2n) is 9.11. The van der Waals surface area contributed by atoms with E-state index in [9.17, 15) is 14.4 Å². The zero-order valence-corrected chi connectivity index (χ0v) is 18.2. The van der Waals surface area contributed by atoms with Crippen molar-refractivity contribution in [3.05, 3.63) is 35.9 Å². The molecule has 2 fully saturated rings. The minimum absolute atomic E-state index is 0.0257. The summed E-state index contributed by atoms with van der Waals surface area (Å²) in [5.41, 5.74) is 0.308. The van der Waals surface area contributed by atoms with Crippen LogP contribution >= 0.6 is 0 Å². The van der Waals surface area contributed by atoms with Gasteiger partial charge in [0.2, 0.25) is 11.8 Å². The molecule has 0 saturated carbocycles. The standard InChI is InChI=1S/C23H33N3O4/c1-23(2,3)30-22(29)25-15-12-18(13-16-25)24-21(28)20(17-9-5-4-6-10-17)26-14-8-7-11-19(26)27/h4-6,9-10,18,20H,7-8,11-16H2,1-3H3,(H,24,28). The highest BCUT2D eigenvalue weighted by Gasteiger charge is 2.34. The summed E-state index contributed by atoms with van der Waals surface area (Å²) < 4.78 is 5.44. The van der Waals surface area contributed by atoms with E-state index in [0.29, 0.717) is 38.9 Å². The predicted molar refractivity (Wildman–Crippen MR) is 114 cm³/mol. The van der Waals surface area contributed by atoms with E-state index >= 15 is 0 Å². The number of nitrogens with zero attached hydrogens (tertiary/aromatic N) is 2. The van der Waals surface area contributed by atoms with E-state index in [4.69, 9.17) is 4.74 Å². The van der Waals surface area contributed by atoms with Crippen LogP contribution in [0.15, 0.2) is 30.3 Å². The molecule has 2 saturated heterocycles. The largest absolute Gasteiger partial charge is 0.444 e. The average Bonchev–Trinajstić information content (AvgIpc) is 2.70. The van der Waals surface area contributed by atoms with Crippen LogP contribution in [0.1, 0.15) is 64.5 Å². The number of nitrogens with one attached hydrogen (secondary N) is 1. The summed E-state index contributed by atoms with van der Waals surface area (Å²) in [7, 11) is 0. The van der Waals surface area contributed by atoms with Gasteiger partial charge in [0.1, 0.15) is 11.6 Å². The fraction of sp³-hybridized carbons (Fsp3) is 0.609. The number of hydrogen-bond acceptors (Lipinski definition) is 4. The number of piperidine rings is 2. The van der Waals surface area contributed by atoms with Crippen molar-refractivity contribution in [3.8, 4) is 0 Å². The first-order chi connectivity index (χ1) is 14.2. The molecule has 0 radical (unpaired) electrons. The maximum atomic E-state index is 13.2. The lowest BCUT2D eigenvalue weighted by Gasteiger charge is -2.37. The molecule has 1 aromatic rings. The number of carbonyl (C=O) groups excluding carboxylic acids is 3. The Labute approximate surface area is 178 Å².